The van der Waals surface area contributed by atoms with Gasteiger partial charge in [-0.1, -0.05) is 6.92 Å². The van der Waals surface area contributed by atoms with Crippen LogP contribution in [0.5, 0.6) is 0 Å². The molecule has 2 aromatic heterocycles. The van der Waals surface area contributed by atoms with Crippen molar-refractivity contribution in [1.29, 1.82) is 0 Å². The van der Waals surface area contributed by atoms with Crippen molar-refractivity contribution in [2.75, 3.05) is 16.6 Å². The molecule has 0 radical (unpaired) electrons. The number of aryl methyl sites for hydroxylation is 1. The summed E-state index contributed by atoms with van der Waals surface area (Å²) in [7, 11) is -2.11. The first-order valence-corrected chi connectivity index (χ1v) is 7.58. The molecule has 2 N–H and O–H groups in total. The molecule has 0 saturated heterocycles. The molecule has 0 aliphatic heterocycles. The topological polar surface area (TPSA) is 102 Å². The van der Waals surface area contributed by atoms with Crippen LogP contribution in [0.15, 0.2) is 29.6 Å². The van der Waals surface area contributed by atoms with E-state index in [2.05, 4.69) is 25.1 Å². The SMILES string of the molecule is CCCNc1ccc(S(=O)(=O)Nc2ncnn2C)cn1. The molecule has 0 amide bonds. The molecule has 0 saturated carbocycles. The lowest BCUT2D eigenvalue weighted by molar-refractivity contribution is 0.599. The Labute approximate surface area is 117 Å². The van der Waals surface area contributed by atoms with Crippen LogP contribution in [-0.4, -0.2) is 34.7 Å². The maximum Gasteiger partial charge on any atom is 0.265 e. The summed E-state index contributed by atoms with van der Waals surface area (Å²) < 4.78 is 27.9. The number of hydrogen-bond acceptors (Lipinski definition) is 6. The van der Waals surface area contributed by atoms with E-state index in [0.29, 0.717) is 5.82 Å². The number of rotatable bonds is 6. The van der Waals surface area contributed by atoms with Gasteiger partial charge < -0.3 is 5.32 Å². The summed E-state index contributed by atoms with van der Waals surface area (Å²) in [6.07, 6.45) is 3.54. The fourth-order valence-corrected chi connectivity index (χ4v) is 2.45. The molecule has 2 heterocycles. The molecular weight excluding hydrogens is 280 g/mol. The Morgan fingerprint density at radius 2 is 2.10 bits per heavy atom. The predicted molar refractivity (Wildman–Crippen MR) is 74.8 cm³/mol. The number of sulfonamides is 1. The highest BCUT2D eigenvalue weighted by atomic mass is 32.2. The fraction of sp³-hybridized carbons (Fsp3) is 0.364. The number of pyridine rings is 1. The lowest BCUT2D eigenvalue weighted by Gasteiger charge is -2.08. The zero-order chi connectivity index (χ0) is 14.6. The van der Waals surface area contributed by atoms with Crippen LogP contribution in [0.25, 0.3) is 0 Å². The highest BCUT2D eigenvalue weighted by molar-refractivity contribution is 7.92. The zero-order valence-corrected chi connectivity index (χ0v) is 12.1. The minimum Gasteiger partial charge on any atom is -0.370 e. The minimum absolute atomic E-state index is 0.0718. The van der Waals surface area contributed by atoms with Crippen LogP contribution in [0.4, 0.5) is 11.8 Å². The fourth-order valence-electron chi connectivity index (χ4n) is 1.46. The smallest absolute Gasteiger partial charge is 0.265 e. The normalized spacial score (nSPS) is 11.3. The number of anilines is 2. The Morgan fingerprint density at radius 3 is 2.65 bits per heavy atom. The molecule has 0 aliphatic carbocycles. The van der Waals surface area contributed by atoms with Crippen molar-refractivity contribution in [3.63, 3.8) is 0 Å². The molecule has 108 valence electrons. The van der Waals surface area contributed by atoms with E-state index < -0.39 is 10.0 Å². The van der Waals surface area contributed by atoms with E-state index in [4.69, 9.17) is 0 Å². The summed E-state index contributed by atoms with van der Waals surface area (Å²) in [5.74, 6) is 0.794. The van der Waals surface area contributed by atoms with E-state index in [1.165, 1.54) is 23.3 Å². The van der Waals surface area contributed by atoms with Crippen molar-refractivity contribution in [2.45, 2.75) is 18.2 Å². The van der Waals surface area contributed by atoms with Crippen molar-refractivity contribution < 1.29 is 8.42 Å². The molecular formula is C11H16N6O2S. The van der Waals surface area contributed by atoms with Gasteiger partial charge in [0.25, 0.3) is 10.0 Å². The second kappa shape index (κ2) is 5.87. The molecule has 2 aromatic rings. The van der Waals surface area contributed by atoms with Gasteiger partial charge in [0.1, 0.15) is 17.0 Å². The monoisotopic (exact) mass is 296 g/mol. The Balaban J connectivity index is 2.15. The molecule has 0 aliphatic rings. The van der Waals surface area contributed by atoms with E-state index in [1.54, 1.807) is 13.1 Å². The molecule has 2 rings (SSSR count). The maximum absolute atomic E-state index is 12.1. The average Bonchev–Trinajstić information content (AvgIpc) is 2.82. The number of nitrogens with zero attached hydrogens (tertiary/aromatic N) is 4. The van der Waals surface area contributed by atoms with E-state index in [1.807, 2.05) is 6.92 Å². The molecule has 0 spiro atoms. The zero-order valence-electron chi connectivity index (χ0n) is 11.2. The van der Waals surface area contributed by atoms with Crippen LogP contribution < -0.4 is 10.0 Å². The summed E-state index contributed by atoms with van der Waals surface area (Å²) >= 11 is 0. The third-order valence-electron chi connectivity index (χ3n) is 2.54. The van der Waals surface area contributed by atoms with E-state index >= 15 is 0 Å². The first-order chi connectivity index (χ1) is 9.53. The summed E-state index contributed by atoms with van der Waals surface area (Å²) in [5, 5.41) is 6.87. The largest absolute Gasteiger partial charge is 0.370 e. The van der Waals surface area contributed by atoms with Crippen molar-refractivity contribution in [3.05, 3.63) is 24.7 Å². The number of aromatic nitrogens is 4. The molecule has 8 nitrogen and oxygen atoms in total. The number of nitrogens with one attached hydrogen (secondary N) is 2. The molecule has 0 unspecified atom stereocenters. The lowest BCUT2D eigenvalue weighted by atomic mass is 10.4. The van der Waals surface area contributed by atoms with Gasteiger partial charge in [0, 0.05) is 19.8 Å². The van der Waals surface area contributed by atoms with Gasteiger partial charge in [-0.3, -0.25) is 0 Å². The summed E-state index contributed by atoms with van der Waals surface area (Å²) in [5.41, 5.74) is 0. The standard InChI is InChI=1S/C11H16N6O2S/c1-3-6-12-10-5-4-9(7-13-10)20(18,19)16-11-14-8-15-17(11)2/h4-5,7-8H,3,6H2,1-2H3,(H,12,13)(H,14,15,16). The van der Waals surface area contributed by atoms with Gasteiger partial charge in [0.05, 0.1) is 0 Å². The van der Waals surface area contributed by atoms with Crippen LogP contribution in [-0.2, 0) is 17.1 Å². The second-order valence-corrected chi connectivity index (χ2v) is 5.80. The van der Waals surface area contributed by atoms with Crippen LogP contribution in [0.1, 0.15) is 13.3 Å². The first-order valence-electron chi connectivity index (χ1n) is 6.09. The number of hydrogen-bond donors (Lipinski definition) is 2. The highest BCUT2D eigenvalue weighted by Gasteiger charge is 2.17. The Hall–Kier alpha value is -2.16. The van der Waals surface area contributed by atoms with Crippen LogP contribution in [0.2, 0.25) is 0 Å². The van der Waals surface area contributed by atoms with Crippen LogP contribution in [0.3, 0.4) is 0 Å². The molecule has 20 heavy (non-hydrogen) atoms. The van der Waals surface area contributed by atoms with Gasteiger partial charge in [-0.2, -0.15) is 10.1 Å². The maximum atomic E-state index is 12.1. The third-order valence-corrected chi connectivity index (χ3v) is 3.85. The Kier molecular flexibility index (Phi) is 4.18. The first kappa shape index (κ1) is 14.3. The van der Waals surface area contributed by atoms with Crippen molar-refractivity contribution in [1.82, 2.24) is 19.7 Å². The minimum atomic E-state index is -3.71. The van der Waals surface area contributed by atoms with E-state index in [0.717, 1.165) is 13.0 Å². The summed E-state index contributed by atoms with van der Waals surface area (Å²) in [4.78, 5) is 7.95. The quantitative estimate of drug-likeness (QED) is 0.818. The average molecular weight is 296 g/mol. The summed E-state index contributed by atoms with van der Waals surface area (Å²) in [6.45, 7) is 2.83. The molecule has 0 fully saturated rings. The lowest BCUT2D eigenvalue weighted by Crippen LogP contribution is -2.16. The van der Waals surface area contributed by atoms with Gasteiger partial charge in [0.15, 0.2) is 0 Å². The van der Waals surface area contributed by atoms with E-state index in [-0.39, 0.29) is 10.8 Å². The third kappa shape index (κ3) is 3.23. The second-order valence-electron chi connectivity index (χ2n) is 4.12. The van der Waals surface area contributed by atoms with Gasteiger partial charge >= 0.3 is 0 Å². The molecule has 0 atom stereocenters. The van der Waals surface area contributed by atoms with Crippen molar-refractivity contribution in [3.8, 4) is 0 Å². The molecule has 0 bridgehead atoms. The molecule has 9 heteroatoms. The van der Waals surface area contributed by atoms with Crippen LogP contribution >= 0.6 is 0 Å². The van der Waals surface area contributed by atoms with Gasteiger partial charge in [-0.25, -0.2) is 22.8 Å². The summed E-state index contributed by atoms with van der Waals surface area (Å²) in [6, 6.07) is 3.12. The van der Waals surface area contributed by atoms with Gasteiger partial charge in [-0.05, 0) is 18.6 Å². The highest BCUT2D eigenvalue weighted by Crippen LogP contribution is 2.14. The van der Waals surface area contributed by atoms with Gasteiger partial charge in [-0.15, -0.1) is 0 Å². The van der Waals surface area contributed by atoms with Gasteiger partial charge in [0.2, 0.25) is 5.95 Å². The van der Waals surface area contributed by atoms with E-state index in [9.17, 15) is 8.42 Å². The molecule has 0 aromatic carbocycles. The Morgan fingerprint density at radius 1 is 1.30 bits per heavy atom. The van der Waals surface area contributed by atoms with Crippen molar-refractivity contribution >= 4 is 21.8 Å². The van der Waals surface area contributed by atoms with Crippen molar-refractivity contribution in [2.24, 2.45) is 7.05 Å². The van der Waals surface area contributed by atoms with Crippen LogP contribution in [0, 0.1) is 0 Å². The Bertz CT molecular complexity index is 664. The predicted octanol–water partition coefficient (Wildman–Crippen LogP) is 0.833.